The molecule has 0 aliphatic carbocycles. The van der Waals surface area contributed by atoms with Crippen molar-refractivity contribution in [2.24, 2.45) is 0 Å². The van der Waals surface area contributed by atoms with Crippen molar-refractivity contribution in [3.8, 4) is 11.3 Å². The highest BCUT2D eigenvalue weighted by molar-refractivity contribution is 5.94. The van der Waals surface area contributed by atoms with Gasteiger partial charge in [-0.1, -0.05) is 55.1 Å². The Kier molecular flexibility index (Phi) is 2.30. The minimum absolute atomic E-state index is 0.921. The fourth-order valence-corrected chi connectivity index (χ4v) is 2.02. The van der Waals surface area contributed by atoms with Gasteiger partial charge in [0.2, 0.25) is 0 Å². The van der Waals surface area contributed by atoms with Gasteiger partial charge in [0.15, 0.2) is 0 Å². The zero-order chi connectivity index (χ0) is 11.7. The van der Waals surface area contributed by atoms with Crippen LogP contribution in [0, 0.1) is 0 Å². The zero-order valence-electron chi connectivity index (χ0n) is 9.39. The molecule has 0 atom stereocenters. The fraction of sp³-hybridized carbons (Fsp3) is 0. The van der Waals surface area contributed by atoms with Crippen molar-refractivity contribution in [2.45, 2.75) is 0 Å². The van der Waals surface area contributed by atoms with Crippen molar-refractivity contribution in [3.63, 3.8) is 0 Å². The van der Waals surface area contributed by atoms with E-state index in [-0.39, 0.29) is 0 Å². The van der Waals surface area contributed by atoms with E-state index in [1.165, 1.54) is 0 Å². The molecule has 1 heterocycles. The molecule has 0 spiro atoms. The molecule has 0 bridgehead atoms. The lowest BCUT2D eigenvalue weighted by Gasteiger charge is -2.00. The van der Waals surface area contributed by atoms with Crippen LogP contribution in [0.15, 0.2) is 65.8 Å². The Balaban J connectivity index is 2.23. The number of benzene rings is 2. The van der Waals surface area contributed by atoms with Crippen LogP contribution in [0.3, 0.4) is 0 Å². The first-order valence-electron chi connectivity index (χ1n) is 5.57. The number of fused-ring (bicyclic) bond motifs is 1. The molecule has 1 aromatic heterocycles. The number of hydrogen-bond acceptors (Lipinski definition) is 1. The third-order valence-corrected chi connectivity index (χ3v) is 2.89. The van der Waals surface area contributed by atoms with Gasteiger partial charge >= 0.3 is 0 Å². The highest BCUT2D eigenvalue weighted by Crippen LogP contribution is 2.30. The molecule has 0 fully saturated rings. The van der Waals surface area contributed by atoms with Crippen LogP contribution >= 0.6 is 0 Å². The molecule has 17 heavy (non-hydrogen) atoms. The van der Waals surface area contributed by atoms with Crippen LogP contribution in [0.2, 0.25) is 0 Å². The fourth-order valence-electron chi connectivity index (χ4n) is 2.02. The Labute approximate surface area is 100 Å². The minimum atomic E-state index is 0.921. The van der Waals surface area contributed by atoms with E-state index in [4.69, 9.17) is 4.42 Å². The molecule has 2 aromatic carbocycles. The maximum absolute atomic E-state index is 5.67. The molecule has 0 saturated carbocycles. The highest BCUT2D eigenvalue weighted by atomic mass is 16.3. The summed E-state index contributed by atoms with van der Waals surface area (Å²) in [5.41, 5.74) is 2.19. The molecule has 1 heteroatoms. The zero-order valence-corrected chi connectivity index (χ0v) is 9.39. The number of rotatable bonds is 2. The van der Waals surface area contributed by atoms with Crippen LogP contribution < -0.4 is 0 Å². The quantitative estimate of drug-likeness (QED) is 0.607. The lowest BCUT2D eigenvalue weighted by Crippen LogP contribution is -1.77. The average Bonchev–Trinajstić information content (AvgIpc) is 2.82. The Hall–Kier alpha value is -2.28. The summed E-state index contributed by atoms with van der Waals surface area (Å²) in [4.78, 5) is 0. The topological polar surface area (TPSA) is 13.1 Å². The van der Waals surface area contributed by atoms with E-state index in [1.807, 2.05) is 30.3 Å². The molecule has 3 rings (SSSR count). The average molecular weight is 220 g/mol. The largest absolute Gasteiger partial charge is 0.463 e. The van der Waals surface area contributed by atoms with Gasteiger partial charge in [-0.2, -0.15) is 0 Å². The van der Waals surface area contributed by atoms with Crippen LogP contribution in [0.4, 0.5) is 0 Å². The summed E-state index contributed by atoms with van der Waals surface area (Å²) in [6, 6.07) is 16.4. The molecule has 3 aromatic rings. The second-order valence-electron chi connectivity index (χ2n) is 3.98. The molecule has 0 radical (unpaired) electrons. The van der Waals surface area contributed by atoms with Gasteiger partial charge in [0.25, 0.3) is 0 Å². The van der Waals surface area contributed by atoms with Crippen LogP contribution in [0.1, 0.15) is 5.56 Å². The van der Waals surface area contributed by atoms with Crippen molar-refractivity contribution in [3.05, 3.63) is 66.9 Å². The second-order valence-corrected chi connectivity index (χ2v) is 3.98. The van der Waals surface area contributed by atoms with Crippen molar-refractivity contribution < 1.29 is 4.42 Å². The summed E-state index contributed by atoms with van der Waals surface area (Å²) >= 11 is 0. The molecule has 0 saturated heterocycles. The van der Waals surface area contributed by atoms with E-state index in [9.17, 15) is 0 Å². The van der Waals surface area contributed by atoms with E-state index in [0.29, 0.717) is 0 Å². The summed E-state index contributed by atoms with van der Waals surface area (Å²) in [6.07, 6.45) is 3.64. The van der Waals surface area contributed by atoms with Gasteiger partial charge in [-0.25, -0.2) is 0 Å². The predicted octanol–water partition coefficient (Wildman–Crippen LogP) is 4.74. The van der Waals surface area contributed by atoms with E-state index in [1.54, 1.807) is 6.26 Å². The van der Waals surface area contributed by atoms with Gasteiger partial charge in [0.05, 0.1) is 6.26 Å². The Bertz CT molecular complexity index is 677. The third-order valence-electron chi connectivity index (χ3n) is 2.89. The SMILES string of the molecule is C=Cc1cccc(-c2occ3ccccc23)c1. The first-order valence-corrected chi connectivity index (χ1v) is 5.57. The standard InChI is InChI=1S/C16H12O/c1-2-12-6-5-8-13(10-12)16-15-9-4-3-7-14(15)11-17-16/h2-11H,1H2. The van der Waals surface area contributed by atoms with Crippen molar-refractivity contribution in [2.75, 3.05) is 0 Å². The van der Waals surface area contributed by atoms with Crippen molar-refractivity contribution in [1.82, 2.24) is 0 Å². The minimum Gasteiger partial charge on any atom is -0.463 e. The van der Waals surface area contributed by atoms with Gasteiger partial charge in [0, 0.05) is 16.3 Å². The van der Waals surface area contributed by atoms with E-state index in [2.05, 4.69) is 30.8 Å². The second kappa shape index (κ2) is 3.95. The van der Waals surface area contributed by atoms with Crippen LogP contribution in [-0.2, 0) is 0 Å². The van der Waals surface area contributed by atoms with E-state index < -0.39 is 0 Å². The normalized spacial score (nSPS) is 10.6. The van der Waals surface area contributed by atoms with Gasteiger partial charge < -0.3 is 4.42 Å². The molecule has 0 amide bonds. The summed E-state index contributed by atoms with van der Waals surface area (Å²) in [5, 5.41) is 2.28. The molecule has 82 valence electrons. The van der Waals surface area contributed by atoms with Gasteiger partial charge in [-0.3, -0.25) is 0 Å². The Morgan fingerprint density at radius 3 is 2.76 bits per heavy atom. The lowest BCUT2D eigenvalue weighted by molar-refractivity contribution is 0.587. The summed E-state index contributed by atoms with van der Waals surface area (Å²) in [6.45, 7) is 3.79. The van der Waals surface area contributed by atoms with Gasteiger partial charge in [0.1, 0.15) is 5.76 Å². The smallest absolute Gasteiger partial charge is 0.141 e. The highest BCUT2D eigenvalue weighted by Gasteiger charge is 2.07. The van der Waals surface area contributed by atoms with Gasteiger partial charge in [-0.15, -0.1) is 0 Å². The monoisotopic (exact) mass is 220 g/mol. The lowest BCUT2D eigenvalue weighted by atomic mass is 10.1. The third kappa shape index (κ3) is 1.66. The molecule has 0 aliphatic heterocycles. The van der Waals surface area contributed by atoms with Crippen LogP contribution in [0.5, 0.6) is 0 Å². The maximum Gasteiger partial charge on any atom is 0.141 e. The summed E-state index contributed by atoms with van der Waals surface area (Å²) in [7, 11) is 0. The molecular weight excluding hydrogens is 208 g/mol. The van der Waals surface area contributed by atoms with E-state index in [0.717, 1.165) is 27.7 Å². The Morgan fingerprint density at radius 1 is 1.00 bits per heavy atom. The molecular formula is C16H12O. The molecule has 1 nitrogen and oxygen atoms in total. The van der Waals surface area contributed by atoms with Crippen LogP contribution in [-0.4, -0.2) is 0 Å². The summed E-state index contributed by atoms with van der Waals surface area (Å²) in [5.74, 6) is 0.921. The maximum atomic E-state index is 5.67. The number of furan rings is 1. The first kappa shape index (κ1) is 9.91. The first-order chi connectivity index (χ1) is 8.38. The number of hydrogen-bond donors (Lipinski definition) is 0. The van der Waals surface area contributed by atoms with Crippen molar-refractivity contribution >= 4 is 16.8 Å². The van der Waals surface area contributed by atoms with E-state index >= 15 is 0 Å². The van der Waals surface area contributed by atoms with Gasteiger partial charge in [-0.05, 0) is 11.6 Å². The molecule has 0 N–H and O–H groups in total. The molecule has 0 aliphatic rings. The molecule has 0 unspecified atom stereocenters. The van der Waals surface area contributed by atoms with Crippen LogP contribution in [0.25, 0.3) is 28.2 Å². The van der Waals surface area contributed by atoms with Crippen molar-refractivity contribution in [1.29, 1.82) is 0 Å². The Morgan fingerprint density at radius 2 is 1.88 bits per heavy atom. The predicted molar refractivity (Wildman–Crippen MR) is 71.7 cm³/mol. The summed E-state index contributed by atoms with van der Waals surface area (Å²) < 4.78 is 5.67.